The SMILES string of the molecule is CCCc1ccc(/C=C2\N=C(C)N(c3ccc(CC(=O)NCc4ccccc4)cc3)C2=O)[nH]1. The molecule has 0 unspecified atom stereocenters. The summed E-state index contributed by atoms with van der Waals surface area (Å²) in [7, 11) is 0. The molecule has 1 aromatic heterocycles. The number of aliphatic imine (C=N–C) groups is 1. The van der Waals surface area contributed by atoms with E-state index in [-0.39, 0.29) is 18.2 Å². The van der Waals surface area contributed by atoms with Gasteiger partial charge in [-0.25, -0.2) is 4.99 Å². The summed E-state index contributed by atoms with van der Waals surface area (Å²) < 4.78 is 0. The predicted molar refractivity (Wildman–Crippen MR) is 132 cm³/mol. The van der Waals surface area contributed by atoms with E-state index in [0.717, 1.165) is 41.0 Å². The summed E-state index contributed by atoms with van der Waals surface area (Å²) in [6.45, 7) is 4.46. The number of H-pyrrole nitrogens is 1. The number of nitrogens with one attached hydrogen (secondary N) is 2. The van der Waals surface area contributed by atoms with E-state index in [9.17, 15) is 9.59 Å². The molecule has 33 heavy (non-hydrogen) atoms. The number of aryl methyl sites for hydroxylation is 1. The lowest BCUT2D eigenvalue weighted by molar-refractivity contribution is -0.120. The van der Waals surface area contributed by atoms with Crippen LogP contribution in [0.3, 0.4) is 0 Å². The molecule has 2 aromatic carbocycles. The number of amides is 2. The maximum absolute atomic E-state index is 13.0. The van der Waals surface area contributed by atoms with Crippen LogP contribution in [0, 0.1) is 0 Å². The molecule has 1 aliphatic heterocycles. The second-order valence-electron chi connectivity index (χ2n) is 8.12. The number of carbonyl (C=O) groups excluding carboxylic acids is 2. The van der Waals surface area contributed by atoms with Gasteiger partial charge < -0.3 is 10.3 Å². The molecule has 4 rings (SSSR count). The molecule has 0 radical (unpaired) electrons. The van der Waals surface area contributed by atoms with Crippen LogP contribution < -0.4 is 10.2 Å². The molecule has 0 atom stereocenters. The van der Waals surface area contributed by atoms with Crippen LogP contribution in [0.25, 0.3) is 6.08 Å². The van der Waals surface area contributed by atoms with Gasteiger partial charge in [0.25, 0.3) is 5.91 Å². The number of anilines is 1. The number of aromatic nitrogens is 1. The topological polar surface area (TPSA) is 77.6 Å². The average molecular weight is 441 g/mol. The van der Waals surface area contributed by atoms with Gasteiger partial charge in [0, 0.05) is 17.9 Å². The van der Waals surface area contributed by atoms with E-state index in [1.807, 2.05) is 73.7 Å². The van der Waals surface area contributed by atoms with Crippen molar-refractivity contribution in [2.24, 2.45) is 4.99 Å². The van der Waals surface area contributed by atoms with Crippen molar-refractivity contribution in [1.82, 2.24) is 10.3 Å². The first kappa shape index (κ1) is 22.3. The molecule has 168 valence electrons. The predicted octanol–water partition coefficient (Wildman–Crippen LogP) is 4.63. The first-order valence-corrected chi connectivity index (χ1v) is 11.2. The van der Waals surface area contributed by atoms with E-state index >= 15 is 0 Å². The van der Waals surface area contributed by atoms with Gasteiger partial charge in [-0.15, -0.1) is 0 Å². The highest BCUT2D eigenvalue weighted by Gasteiger charge is 2.29. The lowest BCUT2D eigenvalue weighted by Crippen LogP contribution is -2.30. The third kappa shape index (κ3) is 5.47. The fourth-order valence-corrected chi connectivity index (χ4v) is 3.84. The second kappa shape index (κ2) is 10.1. The van der Waals surface area contributed by atoms with Crippen molar-refractivity contribution in [1.29, 1.82) is 0 Å². The smallest absolute Gasteiger partial charge is 0.282 e. The Morgan fingerprint density at radius 3 is 2.52 bits per heavy atom. The quantitative estimate of drug-likeness (QED) is 0.501. The lowest BCUT2D eigenvalue weighted by atomic mass is 10.1. The molecule has 2 heterocycles. The molecule has 0 saturated heterocycles. The van der Waals surface area contributed by atoms with Crippen LogP contribution in [-0.2, 0) is 29.0 Å². The van der Waals surface area contributed by atoms with E-state index < -0.39 is 0 Å². The van der Waals surface area contributed by atoms with Crippen molar-refractivity contribution in [2.75, 3.05) is 4.90 Å². The molecule has 0 saturated carbocycles. The maximum Gasteiger partial charge on any atom is 0.282 e. The number of hydrogen-bond donors (Lipinski definition) is 2. The molecule has 0 aliphatic carbocycles. The van der Waals surface area contributed by atoms with Crippen LogP contribution in [0.15, 0.2) is 77.4 Å². The van der Waals surface area contributed by atoms with Crippen LogP contribution in [0.4, 0.5) is 5.69 Å². The van der Waals surface area contributed by atoms with Crippen molar-refractivity contribution >= 4 is 29.4 Å². The summed E-state index contributed by atoms with van der Waals surface area (Å²) in [4.78, 5) is 34.7. The number of hydrogen-bond acceptors (Lipinski definition) is 3. The Hall–Kier alpha value is -3.93. The van der Waals surface area contributed by atoms with Crippen LogP contribution in [-0.4, -0.2) is 22.6 Å². The average Bonchev–Trinajstić information content (AvgIpc) is 3.37. The van der Waals surface area contributed by atoms with Crippen molar-refractivity contribution in [3.8, 4) is 0 Å². The van der Waals surface area contributed by atoms with E-state index in [2.05, 4.69) is 22.2 Å². The summed E-state index contributed by atoms with van der Waals surface area (Å²) in [6.07, 6.45) is 4.11. The normalized spacial score (nSPS) is 14.6. The van der Waals surface area contributed by atoms with Gasteiger partial charge in [0.1, 0.15) is 11.5 Å². The highest BCUT2D eigenvalue weighted by atomic mass is 16.2. The molecule has 0 spiro atoms. The zero-order chi connectivity index (χ0) is 23.2. The molecule has 0 bridgehead atoms. The van der Waals surface area contributed by atoms with Gasteiger partial charge >= 0.3 is 0 Å². The number of benzene rings is 2. The molecule has 1 aliphatic rings. The van der Waals surface area contributed by atoms with Gasteiger partial charge in [0.2, 0.25) is 5.91 Å². The molecule has 3 aromatic rings. The Morgan fingerprint density at radius 1 is 1.03 bits per heavy atom. The Kier molecular flexibility index (Phi) is 6.83. The van der Waals surface area contributed by atoms with Gasteiger partial charge in [-0.3, -0.25) is 14.5 Å². The number of aromatic amines is 1. The summed E-state index contributed by atoms with van der Waals surface area (Å²) in [6, 6.07) is 21.3. The van der Waals surface area contributed by atoms with Crippen LogP contribution >= 0.6 is 0 Å². The third-order valence-corrected chi connectivity index (χ3v) is 5.50. The number of nitrogens with zero attached hydrogens (tertiary/aromatic N) is 2. The largest absolute Gasteiger partial charge is 0.359 e. The minimum absolute atomic E-state index is 0.0415. The van der Waals surface area contributed by atoms with Gasteiger partial charge in [0.15, 0.2) is 0 Å². The van der Waals surface area contributed by atoms with Gasteiger partial charge in [-0.05, 0) is 54.8 Å². The summed E-state index contributed by atoms with van der Waals surface area (Å²) in [5, 5.41) is 2.94. The van der Waals surface area contributed by atoms with Gasteiger partial charge in [-0.2, -0.15) is 0 Å². The third-order valence-electron chi connectivity index (χ3n) is 5.50. The Bertz CT molecular complexity index is 1190. The molecule has 2 amide bonds. The zero-order valence-corrected chi connectivity index (χ0v) is 19.0. The first-order valence-electron chi connectivity index (χ1n) is 11.2. The van der Waals surface area contributed by atoms with E-state index in [0.29, 0.717) is 18.1 Å². The second-order valence-corrected chi connectivity index (χ2v) is 8.12. The van der Waals surface area contributed by atoms with Crippen LogP contribution in [0.5, 0.6) is 0 Å². The Balaban J connectivity index is 1.39. The minimum Gasteiger partial charge on any atom is -0.359 e. The van der Waals surface area contributed by atoms with Gasteiger partial charge in [0.05, 0.1) is 12.1 Å². The molecule has 6 heteroatoms. The number of carbonyl (C=O) groups is 2. The van der Waals surface area contributed by atoms with Crippen LogP contribution in [0.1, 0.15) is 42.8 Å². The summed E-state index contributed by atoms with van der Waals surface area (Å²) in [5.41, 5.74) is 5.11. The highest BCUT2D eigenvalue weighted by Crippen LogP contribution is 2.25. The van der Waals surface area contributed by atoms with Gasteiger partial charge in [-0.1, -0.05) is 55.8 Å². The Labute approximate surface area is 194 Å². The molecular weight excluding hydrogens is 412 g/mol. The van der Waals surface area contributed by atoms with Crippen molar-refractivity contribution in [3.05, 3.63) is 94.9 Å². The summed E-state index contributed by atoms with van der Waals surface area (Å²) >= 11 is 0. The Morgan fingerprint density at radius 2 is 1.79 bits per heavy atom. The molecule has 0 fully saturated rings. The van der Waals surface area contributed by atoms with Crippen molar-refractivity contribution in [2.45, 2.75) is 39.7 Å². The van der Waals surface area contributed by atoms with E-state index in [4.69, 9.17) is 0 Å². The maximum atomic E-state index is 13.0. The molecule has 6 nitrogen and oxygen atoms in total. The van der Waals surface area contributed by atoms with Crippen molar-refractivity contribution < 1.29 is 9.59 Å². The fourth-order valence-electron chi connectivity index (χ4n) is 3.84. The highest BCUT2D eigenvalue weighted by molar-refractivity contribution is 6.28. The minimum atomic E-state index is -0.160. The first-order chi connectivity index (χ1) is 16.0. The van der Waals surface area contributed by atoms with Crippen LogP contribution in [0.2, 0.25) is 0 Å². The fraction of sp³-hybridized carbons (Fsp3) is 0.222. The number of rotatable bonds is 8. The van der Waals surface area contributed by atoms with E-state index in [1.165, 1.54) is 0 Å². The number of amidine groups is 1. The van der Waals surface area contributed by atoms with E-state index in [1.54, 1.807) is 11.0 Å². The zero-order valence-electron chi connectivity index (χ0n) is 19.0. The standard InChI is InChI=1S/C27H28N4O2/c1-3-7-22-12-13-23(30-22)17-25-27(33)31(19(2)29-25)24-14-10-20(11-15-24)16-26(32)28-18-21-8-5-4-6-9-21/h4-6,8-15,17,30H,3,7,16,18H2,1-2H3,(H,28,32)/b25-17-. The van der Waals surface area contributed by atoms with Crippen molar-refractivity contribution in [3.63, 3.8) is 0 Å². The molecular formula is C27H28N4O2. The monoisotopic (exact) mass is 440 g/mol. The lowest BCUT2D eigenvalue weighted by Gasteiger charge is -2.16. The summed E-state index contributed by atoms with van der Waals surface area (Å²) in [5.74, 6) is 0.424. The molecule has 2 N–H and O–H groups in total.